The Kier molecular flexibility index (Phi) is 3.48. The lowest BCUT2D eigenvalue weighted by atomic mass is 9.49. The maximum Gasteiger partial charge on any atom is 0.226 e. The van der Waals surface area contributed by atoms with Gasteiger partial charge in [-0.1, -0.05) is 18.2 Å². The largest absolute Gasteiger partial charge is 0.354 e. The molecule has 132 valence electrons. The fourth-order valence-electron chi connectivity index (χ4n) is 6.50. The first-order chi connectivity index (χ1) is 12.1. The van der Waals surface area contributed by atoms with Crippen molar-refractivity contribution in [2.75, 3.05) is 6.54 Å². The van der Waals surface area contributed by atoms with Crippen molar-refractivity contribution in [3.05, 3.63) is 36.0 Å². The van der Waals surface area contributed by atoms with Crippen LogP contribution < -0.4 is 5.32 Å². The van der Waals surface area contributed by atoms with Crippen molar-refractivity contribution in [1.29, 1.82) is 0 Å². The van der Waals surface area contributed by atoms with Gasteiger partial charge >= 0.3 is 0 Å². The van der Waals surface area contributed by atoms with Crippen LogP contribution in [-0.2, 0) is 11.3 Å². The maximum absolute atomic E-state index is 13.1. The summed E-state index contributed by atoms with van der Waals surface area (Å²) in [6, 6.07) is 10.7. The molecule has 1 aromatic heterocycles. The lowest BCUT2D eigenvalue weighted by molar-refractivity contribution is -0.146. The third-order valence-corrected chi connectivity index (χ3v) is 7.16. The van der Waals surface area contributed by atoms with E-state index < -0.39 is 0 Å². The van der Waals surface area contributed by atoms with Gasteiger partial charge in [0.25, 0.3) is 0 Å². The van der Waals surface area contributed by atoms with Crippen LogP contribution in [0.3, 0.4) is 0 Å². The van der Waals surface area contributed by atoms with Gasteiger partial charge in [0.05, 0.1) is 0 Å². The third kappa shape index (κ3) is 2.51. The highest BCUT2D eigenvalue weighted by Crippen LogP contribution is 2.60. The molecule has 3 heteroatoms. The number of aromatic nitrogens is 1. The molecule has 25 heavy (non-hydrogen) atoms. The highest BCUT2D eigenvalue weighted by atomic mass is 16.2. The molecule has 2 aromatic rings. The summed E-state index contributed by atoms with van der Waals surface area (Å²) in [5, 5.41) is 4.59. The summed E-state index contributed by atoms with van der Waals surface area (Å²) in [6.45, 7) is 3.75. The Labute approximate surface area is 149 Å². The number of rotatable bonds is 4. The minimum Gasteiger partial charge on any atom is -0.354 e. The highest BCUT2D eigenvalue weighted by Gasteiger charge is 2.54. The average molecular weight is 336 g/mol. The van der Waals surface area contributed by atoms with E-state index in [0.29, 0.717) is 5.91 Å². The summed E-state index contributed by atoms with van der Waals surface area (Å²) >= 11 is 0. The first-order valence-corrected chi connectivity index (χ1v) is 9.96. The number of fused-ring (bicyclic) bond motifs is 1. The number of nitrogens with zero attached hydrogens (tertiary/aromatic N) is 1. The SMILES string of the molecule is Cc1cc2ccccc2n1CCNC(=O)C12CC3CC(CC(C3)C1)C2. The quantitative estimate of drug-likeness (QED) is 0.888. The molecule has 4 aliphatic carbocycles. The molecule has 1 heterocycles. The molecule has 0 radical (unpaired) electrons. The first-order valence-electron chi connectivity index (χ1n) is 9.96. The molecule has 0 spiro atoms. The number of nitrogens with one attached hydrogen (secondary N) is 1. The van der Waals surface area contributed by atoms with Crippen molar-refractivity contribution >= 4 is 16.8 Å². The Hall–Kier alpha value is -1.77. The van der Waals surface area contributed by atoms with E-state index in [4.69, 9.17) is 0 Å². The van der Waals surface area contributed by atoms with E-state index in [-0.39, 0.29) is 5.41 Å². The third-order valence-electron chi connectivity index (χ3n) is 7.16. The van der Waals surface area contributed by atoms with Crippen molar-refractivity contribution < 1.29 is 4.79 Å². The molecule has 0 unspecified atom stereocenters. The molecule has 4 bridgehead atoms. The van der Waals surface area contributed by atoms with Crippen LogP contribution in [0.4, 0.5) is 0 Å². The van der Waals surface area contributed by atoms with Crippen molar-refractivity contribution in [3.63, 3.8) is 0 Å². The second-order valence-corrected chi connectivity index (χ2v) is 8.95. The summed E-state index contributed by atoms with van der Waals surface area (Å²) in [6.07, 6.45) is 7.62. The number of benzene rings is 1. The van der Waals surface area contributed by atoms with E-state index in [9.17, 15) is 4.79 Å². The van der Waals surface area contributed by atoms with Gasteiger partial charge in [-0.25, -0.2) is 0 Å². The molecular formula is C22H28N2O. The van der Waals surface area contributed by atoms with E-state index in [1.54, 1.807) is 0 Å². The number of hydrogen-bond donors (Lipinski definition) is 1. The minimum absolute atomic E-state index is 0.0252. The van der Waals surface area contributed by atoms with Gasteiger partial charge in [-0.15, -0.1) is 0 Å². The molecule has 4 saturated carbocycles. The van der Waals surface area contributed by atoms with Crippen molar-refractivity contribution in [2.24, 2.45) is 23.2 Å². The molecule has 0 aliphatic heterocycles. The number of carbonyl (C=O) groups is 1. The topological polar surface area (TPSA) is 34.0 Å². The van der Waals surface area contributed by atoms with Crippen LogP contribution in [0.1, 0.15) is 44.2 Å². The molecule has 1 N–H and O–H groups in total. The van der Waals surface area contributed by atoms with E-state index in [1.165, 1.54) is 35.9 Å². The van der Waals surface area contributed by atoms with Crippen LogP contribution >= 0.6 is 0 Å². The van der Waals surface area contributed by atoms with Crippen LogP contribution in [0.5, 0.6) is 0 Å². The van der Waals surface area contributed by atoms with Crippen molar-refractivity contribution in [3.8, 4) is 0 Å². The fourth-order valence-corrected chi connectivity index (χ4v) is 6.50. The van der Waals surface area contributed by atoms with Crippen LogP contribution in [0.15, 0.2) is 30.3 Å². The number of amides is 1. The van der Waals surface area contributed by atoms with Gasteiger partial charge in [0.2, 0.25) is 5.91 Å². The molecule has 0 atom stereocenters. The molecule has 4 aliphatic rings. The number of para-hydroxylation sites is 1. The molecule has 6 rings (SSSR count). The molecule has 0 saturated heterocycles. The molecule has 4 fully saturated rings. The number of aryl methyl sites for hydroxylation is 1. The zero-order valence-corrected chi connectivity index (χ0v) is 15.1. The Balaban J connectivity index is 1.27. The predicted molar refractivity (Wildman–Crippen MR) is 100 cm³/mol. The minimum atomic E-state index is -0.0252. The van der Waals surface area contributed by atoms with Gasteiger partial charge < -0.3 is 9.88 Å². The molecule has 1 aromatic carbocycles. The number of hydrogen-bond acceptors (Lipinski definition) is 1. The number of carbonyl (C=O) groups excluding carboxylic acids is 1. The van der Waals surface area contributed by atoms with E-state index in [0.717, 1.165) is 50.1 Å². The Bertz CT molecular complexity index is 783. The normalized spacial score (nSPS) is 33.1. The summed E-state index contributed by atoms with van der Waals surface area (Å²) < 4.78 is 2.33. The van der Waals surface area contributed by atoms with Crippen LogP contribution in [0.2, 0.25) is 0 Å². The second kappa shape index (κ2) is 5.62. The summed E-state index contributed by atoms with van der Waals surface area (Å²) in [4.78, 5) is 13.1. The van der Waals surface area contributed by atoms with Gasteiger partial charge in [-0.2, -0.15) is 0 Å². The van der Waals surface area contributed by atoms with E-state index in [1.807, 2.05) is 0 Å². The van der Waals surface area contributed by atoms with Crippen molar-refractivity contribution in [1.82, 2.24) is 9.88 Å². The van der Waals surface area contributed by atoms with Gasteiger partial charge in [0.1, 0.15) is 0 Å². The zero-order chi connectivity index (χ0) is 17.0. The zero-order valence-electron chi connectivity index (χ0n) is 15.1. The standard InChI is InChI=1S/C22H28N2O/c1-15-8-19-4-2-3-5-20(19)24(15)7-6-23-21(25)22-12-16-9-17(13-22)11-18(10-16)14-22/h2-5,8,16-18H,6-7,9-14H2,1H3,(H,23,25). The van der Waals surface area contributed by atoms with Gasteiger partial charge in [-0.3, -0.25) is 4.79 Å². The van der Waals surface area contributed by atoms with E-state index >= 15 is 0 Å². The Morgan fingerprint density at radius 2 is 1.76 bits per heavy atom. The van der Waals surface area contributed by atoms with Gasteiger partial charge in [0, 0.05) is 29.7 Å². The first kappa shape index (κ1) is 15.5. The summed E-state index contributed by atoms with van der Waals surface area (Å²) in [5.41, 5.74) is 2.51. The fraction of sp³-hybridized carbons (Fsp3) is 0.591. The summed E-state index contributed by atoms with van der Waals surface area (Å²) in [5.74, 6) is 2.83. The van der Waals surface area contributed by atoms with Crippen LogP contribution in [0.25, 0.3) is 10.9 Å². The lowest BCUT2D eigenvalue weighted by Gasteiger charge is -2.55. The van der Waals surface area contributed by atoms with Crippen molar-refractivity contribution in [2.45, 2.75) is 52.0 Å². The summed E-state index contributed by atoms with van der Waals surface area (Å²) in [7, 11) is 0. The monoisotopic (exact) mass is 336 g/mol. The predicted octanol–water partition coefficient (Wildman–Crippen LogP) is 4.28. The van der Waals surface area contributed by atoms with Gasteiger partial charge in [-0.05, 0) is 80.7 Å². The molecule has 1 amide bonds. The Morgan fingerprint density at radius 1 is 1.12 bits per heavy atom. The molecule has 3 nitrogen and oxygen atoms in total. The smallest absolute Gasteiger partial charge is 0.226 e. The second-order valence-electron chi connectivity index (χ2n) is 8.95. The Morgan fingerprint density at radius 3 is 2.44 bits per heavy atom. The van der Waals surface area contributed by atoms with Crippen LogP contribution in [0, 0.1) is 30.1 Å². The average Bonchev–Trinajstić information content (AvgIpc) is 2.89. The van der Waals surface area contributed by atoms with E-state index in [2.05, 4.69) is 47.1 Å². The lowest BCUT2D eigenvalue weighted by Crippen LogP contribution is -2.53. The maximum atomic E-state index is 13.1. The van der Waals surface area contributed by atoms with Crippen LogP contribution in [-0.4, -0.2) is 17.0 Å². The highest BCUT2D eigenvalue weighted by molar-refractivity contribution is 5.83. The van der Waals surface area contributed by atoms with Gasteiger partial charge in [0.15, 0.2) is 0 Å². The molecular weight excluding hydrogens is 308 g/mol.